The Hall–Kier alpha value is -0.720. The summed E-state index contributed by atoms with van der Waals surface area (Å²) in [5.41, 5.74) is 1.32. The first-order valence-electron chi connectivity index (χ1n) is 3.79. The molecule has 0 amide bonds. The number of rotatable bonds is 2. The summed E-state index contributed by atoms with van der Waals surface area (Å²) in [6, 6.07) is 2.11. The lowest BCUT2D eigenvalue weighted by molar-refractivity contribution is 0.528. The molecular weight excluding hydrogens is 124 g/mol. The van der Waals surface area contributed by atoms with Crippen molar-refractivity contribution in [2.75, 3.05) is 0 Å². The van der Waals surface area contributed by atoms with E-state index in [-0.39, 0.29) is 0 Å². The summed E-state index contributed by atoms with van der Waals surface area (Å²) in [4.78, 5) is 0. The van der Waals surface area contributed by atoms with E-state index in [1.165, 1.54) is 12.0 Å². The van der Waals surface area contributed by atoms with E-state index >= 15 is 0 Å². The molecule has 0 N–H and O–H groups in total. The van der Waals surface area contributed by atoms with Crippen LogP contribution in [0.5, 0.6) is 0 Å². The number of hydrogen-bond acceptors (Lipinski definition) is 1. The van der Waals surface area contributed by atoms with E-state index in [4.69, 9.17) is 4.42 Å². The minimum absolute atomic E-state index is 0.637. The van der Waals surface area contributed by atoms with Crippen LogP contribution < -0.4 is 0 Å². The molecular formula is C9H14O. The van der Waals surface area contributed by atoms with E-state index < -0.39 is 0 Å². The molecule has 0 aliphatic heterocycles. The average Bonchev–Trinajstić information content (AvgIpc) is 2.34. The number of furan rings is 1. The largest absolute Gasteiger partial charge is 0.469 e. The highest BCUT2D eigenvalue weighted by molar-refractivity contribution is 5.15. The van der Waals surface area contributed by atoms with E-state index in [0.717, 1.165) is 5.76 Å². The summed E-state index contributed by atoms with van der Waals surface area (Å²) in [7, 11) is 0. The molecule has 0 spiro atoms. The predicted octanol–water partition coefficient (Wildman–Crippen LogP) is 3.10. The van der Waals surface area contributed by atoms with Crippen molar-refractivity contribution in [1.29, 1.82) is 0 Å². The average molecular weight is 138 g/mol. The minimum Gasteiger partial charge on any atom is -0.469 e. The van der Waals surface area contributed by atoms with Gasteiger partial charge in [0.1, 0.15) is 5.76 Å². The SMILES string of the molecule is CCC(C)c1coc(C)c1. The summed E-state index contributed by atoms with van der Waals surface area (Å²) in [5.74, 6) is 1.65. The van der Waals surface area contributed by atoms with Gasteiger partial charge in [-0.3, -0.25) is 0 Å². The molecule has 1 atom stereocenters. The molecule has 1 heterocycles. The molecule has 0 aliphatic carbocycles. The van der Waals surface area contributed by atoms with Crippen molar-refractivity contribution in [2.24, 2.45) is 0 Å². The Labute approximate surface area is 62.1 Å². The molecule has 1 unspecified atom stereocenters. The summed E-state index contributed by atoms with van der Waals surface area (Å²) < 4.78 is 5.19. The first-order valence-corrected chi connectivity index (χ1v) is 3.79. The van der Waals surface area contributed by atoms with E-state index in [1.54, 1.807) is 0 Å². The van der Waals surface area contributed by atoms with Crippen molar-refractivity contribution in [3.8, 4) is 0 Å². The second-order valence-corrected chi connectivity index (χ2v) is 2.80. The van der Waals surface area contributed by atoms with Gasteiger partial charge in [0.15, 0.2) is 0 Å². The predicted molar refractivity (Wildman–Crippen MR) is 42.2 cm³/mol. The molecule has 0 fully saturated rings. The normalized spacial score (nSPS) is 13.5. The van der Waals surface area contributed by atoms with Gasteiger partial charge in [-0.25, -0.2) is 0 Å². The van der Waals surface area contributed by atoms with Crippen LogP contribution in [0.1, 0.15) is 37.5 Å². The molecule has 0 bridgehead atoms. The van der Waals surface area contributed by atoms with Crippen LogP contribution in [0.25, 0.3) is 0 Å². The number of aryl methyl sites for hydroxylation is 1. The zero-order valence-electron chi connectivity index (χ0n) is 6.85. The maximum absolute atomic E-state index is 5.19. The standard InChI is InChI=1S/C9H14O/c1-4-7(2)9-5-8(3)10-6-9/h5-7H,4H2,1-3H3. The molecule has 0 aliphatic rings. The van der Waals surface area contributed by atoms with Crippen LogP contribution in [0.4, 0.5) is 0 Å². The highest BCUT2D eigenvalue weighted by Gasteiger charge is 2.04. The van der Waals surface area contributed by atoms with Crippen LogP contribution in [0.3, 0.4) is 0 Å². The van der Waals surface area contributed by atoms with E-state index in [0.29, 0.717) is 5.92 Å². The fraction of sp³-hybridized carbons (Fsp3) is 0.556. The van der Waals surface area contributed by atoms with Crippen LogP contribution in [0, 0.1) is 6.92 Å². The third-order valence-electron chi connectivity index (χ3n) is 1.93. The quantitative estimate of drug-likeness (QED) is 0.612. The van der Waals surface area contributed by atoms with Crippen LogP contribution in [-0.2, 0) is 0 Å². The first-order chi connectivity index (χ1) is 4.74. The summed E-state index contributed by atoms with van der Waals surface area (Å²) in [6.07, 6.45) is 3.03. The molecule has 0 aromatic carbocycles. The van der Waals surface area contributed by atoms with Gasteiger partial charge < -0.3 is 4.42 Å². The van der Waals surface area contributed by atoms with E-state index in [9.17, 15) is 0 Å². The van der Waals surface area contributed by atoms with Crippen molar-refractivity contribution in [2.45, 2.75) is 33.1 Å². The third kappa shape index (κ3) is 1.41. The van der Waals surface area contributed by atoms with E-state index in [2.05, 4.69) is 19.9 Å². The van der Waals surface area contributed by atoms with Crippen molar-refractivity contribution < 1.29 is 4.42 Å². The van der Waals surface area contributed by atoms with Crippen LogP contribution >= 0.6 is 0 Å². The van der Waals surface area contributed by atoms with Crippen molar-refractivity contribution in [3.05, 3.63) is 23.7 Å². The van der Waals surface area contributed by atoms with Gasteiger partial charge in [-0.05, 0) is 30.9 Å². The molecule has 0 saturated heterocycles. The maximum atomic E-state index is 5.19. The fourth-order valence-electron chi connectivity index (χ4n) is 0.958. The Kier molecular flexibility index (Phi) is 2.15. The van der Waals surface area contributed by atoms with Crippen LogP contribution in [0.15, 0.2) is 16.7 Å². The Bertz CT molecular complexity index is 200. The van der Waals surface area contributed by atoms with Gasteiger partial charge in [0.25, 0.3) is 0 Å². The molecule has 1 aromatic heterocycles. The molecule has 0 radical (unpaired) electrons. The molecule has 1 nitrogen and oxygen atoms in total. The van der Waals surface area contributed by atoms with Gasteiger partial charge in [0, 0.05) is 0 Å². The number of hydrogen-bond donors (Lipinski definition) is 0. The lowest BCUT2D eigenvalue weighted by Crippen LogP contribution is -1.86. The van der Waals surface area contributed by atoms with Crippen molar-refractivity contribution in [3.63, 3.8) is 0 Å². The molecule has 1 rings (SSSR count). The minimum atomic E-state index is 0.637. The second kappa shape index (κ2) is 2.91. The highest BCUT2D eigenvalue weighted by atomic mass is 16.3. The maximum Gasteiger partial charge on any atom is 0.100 e. The lowest BCUT2D eigenvalue weighted by atomic mass is 10.0. The van der Waals surface area contributed by atoms with E-state index in [1.807, 2.05) is 13.2 Å². The van der Waals surface area contributed by atoms with Crippen LogP contribution in [0.2, 0.25) is 0 Å². The van der Waals surface area contributed by atoms with Gasteiger partial charge in [0.2, 0.25) is 0 Å². The Balaban J connectivity index is 2.74. The van der Waals surface area contributed by atoms with Gasteiger partial charge in [0.05, 0.1) is 6.26 Å². The summed E-state index contributed by atoms with van der Waals surface area (Å²) >= 11 is 0. The highest BCUT2D eigenvalue weighted by Crippen LogP contribution is 2.20. The van der Waals surface area contributed by atoms with Crippen molar-refractivity contribution in [1.82, 2.24) is 0 Å². The summed E-state index contributed by atoms with van der Waals surface area (Å²) in [5, 5.41) is 0. The first kappa shape index (κ1) is 7.39. The molecule has 1 aromatic rings. The Morgan fingerprint density at radius 3 is 2.70 bits per heavy atom. The van der Waals surface area contributed by atoms with Crippen LogP contribution in [-0.4, -0.2) is 0 Å². The smallest absolute Gasteiger partial charge is 0.100 e. The summed E-state index contributed by atoms with van der Waals surface area (Å²) in [6.45, 7) is 6.38. The lowest BCUT2D eigenvalue weighted by Gasteiger charge is -2.01. The van der Waals surface area contributed by atoms with Gasteiger partial charge in [-0.1, -0.05) is 13.8 Å². The van der Waals surface area contributed by atoms with Gasteiger partial charge in [-0.15, -0.1) is 0 Å². The molecule has 1 heteroatoms. The zero-order chi connectivity index (χ0) is 7.56. The second-order valence-electron chi connectivity index (χ2n) is 2.80. The molecule has 0 saturated carbocycles. The van der Waals surface area contributed by atoms with Crippen molar-refractivity contribution >= 4 is 0 Å². The zero-order valence-corrected chi connectivity index (χ0v) is 6.85. The van der Waals surface area contributed by atoms with Gasteiger partial charge in [-0.2, -0.15) is 0 Å². The Morgan fingerprint density at radius 1 is 1.60 bits per heavy atom. The van der Waals surface area contributed by atoms with Gasteiger partial charge >= 0.3 is 0 Å². The Morgan fingerprint density at radius 2 is 2.30 bits per heavy atom. The third-order valence-corrected chi connectivity index (χ3v) is 1.93. The fourth-order valence-corrected chi connectivity index (χ4v) is 0.958. The topological polar surface area (TPSA) is 13.1 Å². The monoisotopic (exact) mass is 138 g/mol. The molecule has 10 heavy (non-hydrogen) atoms. The molecule has 56 valence electrons.